The van der Waals surface area contributed by atoms with Gasteiger partial charge < -0.3 is 9.47 Å². The van der Waals surface area contributed by atoms with Crippen LogP contribution in [0, 0.1) is 0 Å². The van der Waals surface area contributed by atoms with Gasteiger partial charge in [0.2, 0.25) is 0 Å². The Balaban J connectivity index is 1.71. The summed E-state index contributed by atoms with van der Waals surface area (Å²) in [5.41, 5.74) is 0. The average molecular weight is 301 g/mol. The summed E-state index contributed by atoms with van der Waals surface area (Å²) in [6.07, 6.45) is 9.44. The van der Waals surface area contributed by atoms with Gasteiger partial charge in [-0.25, -0.2) is 15.0 Å². The van der Waals surface area contributed by atoms with Crippen LogP contribution in [-0.4, -0.2) is 33.1 Å². The van der Waals surface area contributed by atoms with Crippen LogP contribution in [0.2, 0.25) is 0 Å². The molecule has 0 radical (unpaired) electrons. The van der Waals surface area contributed by atoms with Gasteiger partial charge in [-0.1, -0.05) is 6.92 Å². The Bertz CT molecular complexity index is 704. The lowest BCUT2D eigenvalue weighted by Gasteiger charge is -2.18. The van der Waals surface area contributed by atoms with Gasteiger partial charge in [0.1, 0.15) is 17.0 Å². The minimum absolute atomic E-state index is 0.960. The zero-order valence-electron chi connectivity index (χ0n) is 12.4. The second-order valence-electron chi connectivity index (χ2n) is 5.06. The molecular weight excluding hydrogens is 282 g/mol. The van der Waals surface area contributed by atoms with Crippen molar-refractivity contribution in [3.63, 3.8) is 0 Å². The van der Waals surface area contributed by atoms with E-state index in [1.807, 2.05) is 18.7 Å². The molecule has 21 heavy (non-hydrogen) atoms. The maximum absolute atomic E-state index is 4.47. The molecule has 0 amide bonds. The van der Waals surface area contributed by atoms with E-state index in [4.69, 9.17) is 0 Å². The number of hydrogen-bond donors (Lipinski definition) is 0. The van der Waals surface area contributed by atoms with E-state index in [0.717, 1.165) is 36.6 Å². The molecule has 110 valence electrons. The quantitative estimate of drug-likeness (QED) is 0.702. The Morgan fingerprint density at radius 3 is 3.00 bits per heavy atom. The fraction of sp³-hybridized carbons (Fsp3) is 0.400. The molecule has 0 aliphatic rings. The molecule has 0 saturated carbocycles. The third-order valence-corrected chi connectivity index (χ3v) is 4.73. The molecule has 0 bridgehead atoms. The smallest absolute Gasteiger partial charge is 0.140 e. The van der Waals surface area contributed by atoms with Crippen LogP contribution in [0.1, 0.15) is 18.2 Å². The zero-order chi connectivity index (χ0) is 14.7. The van der Waals surface area contributed by atoms with E-state index in [9.17, 15) is 0 Å². The highest BCUT2D eigenvalue weighted by molar-refractivity contribution is 7.18. The average Bonchev–Trinajstić information content (AvgIpc) is 3.15. The van der Waals surface area contributed by atoms with E-state index >= 15 is 0 Å². The molecule has 6 heteroatoms. The van der Waals surface area contributed by atoms with E-state index in [1.165, 1.54) is 10.3 Å². The number of aromatic nitrogens is 4. The first-order valence-electron chi connectivity index (χ1n) is 7.18. The second-order valence-corrected chi connectivity index (χ2v) is 6.17. The second kappa shape index (κ2) is 6.22. The van der Waals surface area contributed by atoms with E-state index in [2.05, 4.69) is 44.5 Å². The molecule has 3 rings (SSSR count). The molecule has 3 aromatic rings. The van der Waals surface area contributed by atoms with Crippen molar-refractivity contribution in [3.8, 4) is 0 Å². The van der Waals surface area contributed by atoms with Crippen molar-refractivity contribution < 1.29 is 0 Å². The maximum Gasteiger partial charge on any atom is 0.140 e. The van der Waals surface area contributed by atoms with E-state index in [1.54, 1.807) is 17.7 Å². The molecular formula is C15H19N5S. The van der Waals surface area contributed by atoms with Crippen LogP contribution in [0.25, 0.3) is 10.2 Å². The lowest BCUT2D eigenvalue weighted by atomic mass is 10.3. The lowest BCUT2D eigenvalue weighted by molar-refractivity contribution is 0.636. The minimum atomic E-state index is 0.960. The molecule has 0 spiro atoms. The van der Waals surface area contributed by atoms with Crippen molar-refractivity contribution in [1.82, 2.24) is 19.5 Å². The van der Waals surface area contributed by atoms with Crippen LogP contribution in [0.4, 0.5) is 5.82 Å². The monoisotopic (exact) mass is 301 g/mol. The molecule has 5 nitrogen and oxygen atoms in total. The van der Waals surface area contributed by atoms with Gasteiger partial charge in [-0.05, 0) is 18.9 Å². The van der Waals surface area contributed by atoms with Crippen LogP contribution < -0.4 is 4.90 Å². The predicted octanol–water partition coefficient (Wildman–Crippen LogP) is 2.98. The van der Waals surface area contributed by atoms with Crippen LogP contribution in [0.15, 0.2) is 31.1 Å². The maximum atomic E-state index is 4.47. The van der Waals surface area contributed by atoms with E-state index < -0.39 is 0 Å². The number of hydrogen-bond acceptors (Lipinski definition) is 5. The van der Waals surface area contributed by atoms with Crippen LogP contribution in [0.5, 0.6) is 0 Å². The van der Waals surface area contributed by atoms with Crippen LogP contribution >= 0.6 is 11.3 Å². The molecule has 0 aliphatic carbocycles. The Morgan fingerprint density at radius 1 is 1.33 bits per heavy atom. The lowest BCUT2D eigenvalue weighted by Crippen LogP contribution is -2.21. The van der Waals surface area contributed by atoms with Gasteiger partial charge in [-0.2, -0.15) is 0 Å². The van der Waals surface area contributed by atoms with Crippen LogP contribution in [0.3, 0.4) is 0 Å². The first kappa shape index (κ1) is 14.0. The Morgan fingerprint density at radius 2 is 2.24 bits per heavy atom. The molecule has 0 aliphatic heterocycles. The fourth-order valence-corrected chi connectivity index (χ4v) is 3.32. The van der Waals surface area contributed by atoms with Crippen LogP contribution in [-0.2, 0) is 13.0 Å². The summed E-state index contributed by atoms with van der Waals surface area (Å²) in [5.74, 6) is 1.03. The molecule has 0 fully saturated rings. The van der Waals surface area contributed by atoms with Crippen molar-refractivity contribution in [2.24, 2.45) is 0 Å². The SMILES string of the molecule is CCc1cc2c(N(C)CCCn3ccnc3)ncnc2s1. The Hall–Kier alpha value is -1.95. The summed E-state index contributed by atoms with van der Waals surface area (Å²) in [7, 11) is 2.10. The van der Waals surface area contributed by atoms with Gasteiger partial charge in [0.05, 0.1) is 11.7 Å². The molecule has 0 unspecified atom stereocenters. The van der Waals surface area contributed by atoms with Gasteiger partial charge in [0.15, 0.2) is 0 Å². The number of nitrogens with zero attached hydrogens (tertiary/aromatic N) is 5. The van der Waals surface area contributed by atoms with Gasteiger partial charge >= 0.3 is 0 Å². The van der Waals surface area contributed by atoms with Crippen molar-refractivity contribution >= 4 is 27.4 Å². The summed E-state index contributed by atoms with van der Waals surface area (Å²) in [6.45, 7) is 4.11. The highest BCUT2D eigenvalue weighted by atomic mass is 32.1. The number of thiophene rings is 1. The van der Waals surface area contributed by atoms with Crippen molar-refractivity contribution in [1.29, 1.82) is 0 Å². The first-order chi connectivity index (χ1) is 10.3. The minimum Gasteiger partial charge on any atom is -0.359 e. The normalized spacial score (nSPS) is 11.1. The summed E-state index contributed by atoms with van der Waals surface area (Å²) >= 11 is 1.76. The molecule has 0 aromatic carbocycles. The van der Waals surface area contributed by atoms with Crippen molar-refractivity contribution in [2.45, 2.75) is 26.3 Å². The summed E-state index contributed by atoms with van der Waals surface area (Å²) in [5, 5.41) is 1.17. The van der Waals surface area contributed by atoms with Gasteiger partial charge in [0.25, 0.3) is 0 Å². The fourth-order valence-electron chi connectivity index (χ4n) is 2.39. The van der Waals surface area contributed by atoms with Crippen molar-refractivity contribution in [3.05, 3.63) is 36.0 Å². The highest BCUT2D eigenvalue weighted by Gasteiger charge is 2.11. The Kier molecular flexibility index (Phi) is 4.15. The third-order valence-electron chi connectivity index (χ3n) is 3.54. The largest absolute Gasteiger partial charge is 0.359 e. The molecule has 0 saturated heterocycles. The summed E-state index contributed by atoms with van der Waals surface area (Å²) in [4.78, 5) is 17.6. The predicted molar refractivity (Wildman–Crippen MR) is 86.9 cm³/mol. The molecule has 0 atom stereocenters. The summed E-state index contributed by atoms with van der Waals surface area (Å²) < 4.78 is 2.10. The number of anilines is 1. The number of imidazole rings is 1. The van der Waals surface area contributed by atoms with E-state index in [0.29, 0.717) is 0 Å². The molecule has 0 N–H and O–H groups in total. The van der Waals surface area contributed by atoms with E-state index in [-0.39, 0.29) is 0 Å². The Labute approximate surface area is 128 Å². The highest BCUT2D eigenvalue weighted by Crippen LogP contribution is 2.29. The molecule has 3 heterocycles. The standard InChI is InChI=1S/C15H19N5S/c1-3-12-9-13-14(17-10-18-15(13)21-12)19(2)6-4-7-20-8-5-16-11-20/h5,8-11H,3-4,6-7H2,1-2H3. The molecule has 3 aromatic heterocycles. The summed E-state index contributed by atoms with van der Waals surface area (Å²) in [6, 6.07) is 2.22. The topological polar surface area (TPSA) is 46.8 Å². The van der Waals surface area contributed by atoms with Crippen molar-refractivity contribution in [2.75, 3.05) is 18.5 Å². The third kappa shape index (κ3) is 3.05. The number of rotatable bonds is 6. The number of aryl methyl sites for hydroxylation is 2. The first-order valence-corrected chi connectivity index (χ1v) is 8.00. The zero-order valence-corrected chi connectivity index (χ0v) is 13.2. The van der Waals surface area contributed by atoms with Gasteiger partial charge in [-0.15, -0.1) is 11.3 Å². The number of fused-ring (bicyclic) bond motifs is 1. The van der Waals surface area contributed by atoms with Gasteiger partial charge in [-0.3, -0.25) is 0 Å². The van der Waals surface area contributed by atoms with Gasteiger partial charge in [0, 0.05) is 37.4 Å².